The van der Waals surface area contributed by atoms with Gasteiger partial charge < -0.3 is 9.26 Å². The first-order valence-corrected chi connectivity index (χ1v) is 6.45. The van der Waals surface area contributed by atoms with Crippen LogP contribution < -0.4 is 0 Å². The Balaban J connectivity index is 1.91. The number of esters is 1. The van der Waals surface area contributed by atoms with E-state index < -0.39 is 0 Å². The van der Waals surface area contributed by atoms with Crippen LogP contribution in [0.4, 0.5) is 0 Å². The Kier molecular flexibility index (Phi) is 4.90. The van der Waals surface area contributed by atoms with Gasteiger partial charge in [-0.25, -0.2) is 0 Å². The zero-order valence-corrected chi connectivity index (χ0v) is 11.7. The number of aromatic nitrogens is 1. The van der Waals surface area contributed by atoms with Gasteiger partial charge in [-0.2, -0.15) is 0 Å². The summed E-state index contributed by atoms with van der Waals surface area (Å²) in [7, 11) is 3.33. The summed E-state index contributed by atoms with van der Waals surface area (Å²) in [6, 6.07) is 11.8. The van der Waals surface area contributed by atoms with Crippen molar-refractivity contribution >= 4 is 5.97 Å². The predicted molar refractivity (Wildman–Crippen MR) is 74.9 cm³/mol. The maximum atomic E-state index is 11.1. The van der Waals surface area contributed by atoms with Crippen molar-refractivity contribution in [1.82, 2.24) is 10.1 Å². The fourth-order valence-electron chi connectivity index (χ4n) is 1.86. The molecule has 0 atom stereocenters. The highest BCUT2D eigenvalue weighted by Gasteiger charge is 2.10. The molecule has 0 aliphatic carbocycles. The van der Waals surface area contributed by atoms with Crippen LogP contribution in [-0.2, 0) is 16.1 Å². The summed E-state index contributed by atoms with van der Waals surface area (Å²) >= 11 is 0. The van der Waals surface area contributed by atoms with Crippen LogP contribution in [0.1, 0.15) is 12.1 Å². The van der Waals surface area contributed by atoms with Gasteiger partial charge in [0, 0.05) is 24.7 Å². The van der Waals surface area contributed by atoms with E-state index >= 15 is 0 Å². The van der Waals surface area contributed by atoms with Crippen LogP contribution in [0.15, 0.2) is 40.9 Å². The molecule has 0 amide bonds. The summed E-state index contributed by atoms with van der Waals surface area (Å²) in [5, 5.41) is 4.05. The van der Waals surface area contributed by atoms with Crippen molar-refractivity contribution < 1.29 is 14.1 Å². The van der Waals surface area contributed by atoms with Crippen LogP contribution in [0, 0.1) is 0 Å². The minimum atomic E-state index is -0.207. The molecule has 2 aromatic rings. The first-order valence-electron chi connectivity index (χ1n) is 6.45. The van der Waals surface area contributed by atoms with Crippen molar-refractivity contribution in [3.8, 4) is 11.3 Å². The van der Waals surface area contributed by atoms with Gasteiger partial charge in [0.05, 0.1) is 19.2 Å². The van der Waals surface area contributed by atoms with E-state index in [-0.39, 0.29) is 5.97 Å². The van der Waals surface area contributed by atoms with E-state index in [1.807, 2.05) is 48.3 Å². The summed E-state index contributed by atoms with van der Waals surface area (Å²) in [5.41, 5.74) is 1.85. The van der Waals surface area contributed by atoms with Gasteiger partial charge in [-0.3, -0.25) is 9.69 Å². The van der Waals surface area contributed by atoms with Gasteiger partial charge in [0.25, 0.3) is 0 Å². The van der Waals surface area contributed by atoms with E-state index in [0.717, 1.165) is 17.0 Å². The number of hydrogen-bond acceptors (Lipinski definition) is 5. The van der Waals surface area contributed by atoms with Crippen LogP contribution >= 0.6 is 0 Å². The van der Waals surface area contributed by atoms with Crippen molar-refractivity contribution in [3.63, 3.8) is 0 Å². The van der Waals surface area contributed by atoms with Gasteiger partial charge in [0.15, 0.2) is 5.76 Å². The third-order valence-electron chi connectivity index (χ3n) is 2.97. The fraction of sp³-hybridized carbons (Fsp3) is 0.333. The van der Waals surface area contributed by atoms with Gasteiger partial charge >= 0.3 is 5.97 Å². The lowest BCUT2D eigenvalue weighted by molar-refractivity contribution is -0.140. The number of ether oxygens (including phenoxy) is 1. The van der Waals surface area contributed by atoms with E-state index in [2.05, 4.69) is 9.89 Å². The third-order valence-corrected chi connectivity index (χ3v) is 2.97. The van der Waals surface area contributed by atoms with Crippen molar-refractivity contribution in [2.24, 2.45) is 0 Å². The Hall–Kier alpha value is -2.14. The molecule has 0 saturated heterocycles. The number of nitrogens with zero attached hydrogens (tertiary/aromatic N) is 2. The molecule has 0 fully saturated rings. The maximum Gasteiger partial charge on any atom is 0.306 e. The van der Waals surface area contributed by atoms with Crippen LogP contribution in [0.5, 0.6) is 0 Å². The largest absolute Gasteiger partial charge is 0.469 e. The zero-order valence-electron chi connectivity index (χ0n) is 11.7. The molecule has 0 saturated carbocycles. The Morgan fingerprint density at radius 2 is 2.10 bits per heavy atom. The molecule has 2 rings (SSSR count). The number of benzene rings is 1. The lowest BCUT2D eigenvalue weighted by Gasteiger charge is -2.13. The molecule has 0 bridgehead atoms. The molecule has 1 heterocycles. The van der Waals surface area contributed by atoms with Crippen LogP contribution in [0.3, 0.4) is 0 Å². The SMILES string of the molecule is COC(=O)CCN(C)Cc1cc(-c2ccccc2)on1. The van der Waals surface area contributed by atoms with Crippen LogP contribution in [0.2, 0.25) is 0 Å². The minimum Gasteiger partial charge on any atom is -0.469 e. The molecule has 0 unspecified atom stereocenters. The molecular weight excluding hydrogens is 256 g/mol. The number of carbonyl (C=O) groups is 1. The van der Waals surface area contributed by atoms with Gasteiger partial charge in [-0.15, -0.1) is 0 Å². The average molecular weight is 274 g/mol. The van der Waals surface area contributed by atoms with Gasteiger partial charge in [0.2, 0.25) is 0 Å². The molecule has 1 aromatic carbocycles. The molecule has 0 aliphatic heterocycles. The number of rotatable bonds is 6. The molecule has 1 aromatic heterocycles. The van der Waals surface area contributed by atoms with E-state index in [1.165, 1.54) is 7.11 Å². The lowest BCUT2D eigenvalue weighted by atomic mass is 10.1. The normalized spacial score (nSPS) is 10.8. The summed E-state index contributed by atoms with van der Waals surface area (Å²) in [6.07, 6.45) is 0.371. The highest BCUT2D eigenvalue weighted by atomic mass is 16.5. The van der Waals surface area contributed by atoms with E-state index in [0.29, 0.717) is 19.5 Å². The van der Waals surface area contributed by atoms with Crippen molar-refractivity contribution in [2.75, 3.05) is 20.7 Å². The van der Waals surface area contributed by atoms with Crippen LogP contribution in [-0.4, -0.2) is 36.7 Å². The molecular formula is C15H18N2O3. The second-order valence-electron chi connectivity index (χ2n) is 4.61. The fourth-order valence-corrected chi connectivity index (χ4v) is 1.86. The van der Waals surface area contributed by atoms with Gasteiger partial charge in [-0.1, -0.05) is 35.5 Å². The molecule has 5 heteroatoms. The number of carbonyl (C=O) groups excluding carboxylic acids is 1. The Morgan fingerprint density at radius 1 is 1.35 bits per heavy atom. The quantitative estimate of drug-likeness (QED) is 0.757. The van der Waals surface area contributed by atoms with Gasteiger partial charge in [0.1, 0.15) is 0 Å². The molecule has 106 valence electrons. The van der Waals surface area contributed by atoms with Crippen molar-refractivity contribution in [2.45, 2.75) is 13.0 Å². The van der Waals surface area contributed by atoms with E-state index in [1.54, 1.807) is 0 Å². The predicted octanol–water partition coefficient (Wildman–Crippen LogP) is 2.34. The Morgan fingerprint density at radius 3 is 2.80 bits per heavy atom. The highest BCUT2D eigenvalue weighted by Crippen LogP contribution is 2.20. The minimum absolute atomic E-state index is 0.207. The zero-order chi connectivity index (χ0) is 14.4. The number of methoxy groups -OCH3 is 1. The van der Waals surface area contributed by atoms with Crippen molar-refractivity contribution in [3.05, 3.63) is 42.1 Å². The topological polar surface area (TPSA) is 55.6 Å². The summed E-state index contributed by atoms with van der Waals surface area (Å²) in [4.78, 5) is 13.1. The number of hydrogen-bond donors (Lipinski definition) is 0. The third kappa shape index (κ3) is 3.93. The maximum absolute atomic E-state index is 11.1. The standard InChI is InChI=1S/C15H18N2O3/c1-17(9-8-15(18)19-2)11-13-10-14(20-16-13)12-6-4-3-5-7-12/h3-7,10H,8-9,11H2,1-2H3. The molecule has 20 heavy (non-hydrogen) atoms. The average Bonchev–Trinajstić information content (AvgIpc) is 2.94. The van der Waals surface area contributed by atoms with Crippen molar-refractivity contribution in [1.29, 1.82) is 0 Å². The molecule has 0 aliphatic rings. The summed E-state index contributed by atoms with van der Waals surface area (Å²) in [5.74, 6) is 0.545. The molecule has 0 spiro atoms. The van der Waals surface area contributed by atoms with Gasteiger partial charge in [-0.05, 0) is 7.05 Å². The molecule has 0 radical (unpaired) electrons. The smallest absolute Gasteiger partial charge is 0.306 e. The first kappa shape index (κ1) is 14.3. The van der Waals surface area contributed by atoms with E-state index in [9.17, 15) is 4.79 Å². The van der Waals surface area contributed by atoms with E-state index in [4.69, 9.17) is 4.52 Å². The van der Waals surface area contributed by atoms with Crippen LogP contribution in [0.25, 0.3) is 11.3 Å². The Labute approximate surface area is 118 Å². The lowest BCUT2D eigenvalue weighted by Crippen LogP contribution is -2.22. The summed E-state index contributed by atoms with van der Waals surface area (Å²) < 4.78 is 9.94. The highest BCUT2D eigenvalue weighted by molar-refractivity contribution is 5.69. The monoisotopic (exact) mass is 274 g/mol. The molecule has 0 N–H and O–H groups in total. The summed E-state index contributed by atoms with van der Waals surface area (Å²) in [6.45, 7) is 1.26. The second-order valence-corrected chi connectivity index (χ2v) is 4.61. The Bertz CT molecular complexity index is 551. The second kappa shape index (κ2) is 6.86. The first-order chi connectivity index (χ1) is 9.69. The molecule has 5 nitrogen and oxygen atoms in total.